The van der Waals surface area contributed by atoms with Gasteiger partial charge in [-0.25, -0.2) is 4.79 Å². The molecular weight excluding hydrogens is 356 g/mol. The Hall–Kier alpha value is -3.02. The van der Waals surface area contributed by atoms with Crippen molar-refractivity contribution in [3.05, 3.63) is 59.7 Å². The lowest BCUT2D eigenvalue weighted by Crippen LogP contribution is -2.23. The SMILES string of the molecule is O=C(Nc1ccc(CN2CCOC2=O)cc1)c1ccc(OC2CCCC2)cc1. The van der Waals surface area contributed by atoms with Crippen LogP contribution >= 0.6 is 0 Å². The van der Waals surface area contributed by atoms with E-state index in [0.29, 0.717) is 37.1 Å². The van der Waals surface area contributed by atoms with Crippen LogP contribution in [-0.4, -0.2) is 36.2 Å². The summed E-state index contributed by atoms with van der Waals surface area (Å²) >= 11 is 0. The van der Waals surface area contributed by atoms with Gasteiger partial charge in [0.1, 0.15) is 12.4 Å². The fraction of sp³-hybridized carbons (Fsp3) is 0.364. The van der Waals surface area contributed by atoms with Gasteiger partial charge < -0.3 is 19.7 Å². The van der Waals surface area contributed by atoms with Gasteiger partial charge in [0.05, 0.1) is 12.6 Å². The molecule has 146 valence electrons. The molecule has 2 aromatic carbocycles. The van der Waals surface area contributed by atoms with E-state index in [1.807, 2.05) is 36.4 Å². The van der Waals surface area contributed by atoms with Crippen molar-refractivity contribution in [2.45, 2.75) is 38.3 Å². The first-order valence-corrected chi connectivity index (χ1v) is 9.76. The van der Waals surface area contributed by atoms with Crippen LogP contribution in [0, 0.1) is 0 Å². The molecule has 2 fully saturated rings. The fourth-order valence-electron chi connectivity index (χ4n) is 3.57. The van der Waals surface area contributed by atoms with Crippen LogP contribution in [0.1, 0.15) is 41.6 Å². The van der Waals surface area contributed by atoms with E-state index in [1.165, 1.54) is 12.8 Å². The molecule has 1 aliphatic carbocycles. The largest absolute Gasteiger partial charge is 0.490 e. The molecule has 2 aliphatic rings. The summed E-state index contributed by atoms with van der Waals surface area (Å²) in [5.74, 6) is 0.650. The van der Waals surface area contributed by atoms with E-state index in [0.717, 1.165) is 24.2 Å². The Morgan fingerprint density at radius 2 is 1.79 bits per heavy atom. The number of hydrogen-bond acceptors (Lipinski definition) is 4. The van der Waals surface area contributed by atoms with Crippen LogP contribution in [0.25, 0.3) is 0 Å². The molecular formula is C22H24N2O4. The van der Waals surface area contributed by atoms with Crippen molar-refractivity contribution in [3.8, 4) is 5.75 Å². The molecule has 0 unspecified atom stereocenters. The zero-order valence-electron chi connectivity index (χ0n) is 15.7. The Bertz CT molecular complexity index is 827. The average molecular weight is 380 g/mol. The first-order chi connectivity index (χ1) is 13.7. The third kappa shape index (κ3) is 4.44. The maximum absolute atomic E-state index is 12.5. The van der Waals surface area contributed by atoms with Gasteiger partial charge in [0.2, 0.25) is 0 Å². The smallest absolute Gasteiger partial charge is 0.410 e. The van der Waals surface area contributed by atoms with E-state index in [-0.39, 0.29) is 12.0 Å². The minimum Gasteiger partial charge on any atom is -0.490 e. The molecule has 2 aromatic rings. The third-order valence-electron chi connectivity index (χ3n) is 5.15. The van der Waals surface area contributed by atoms with Gasteiger partial charge in [0.15, 0.2) is 0 Å². The summed E-state index contributed by atoms with van der Waals surface area (Å²) in [6, 6.07) is 14.8. The van der Waals surface area contributed by atoms with Gasteiger partial charge in [0, 0.05) is 17.8 Å². The lowest BCUT2D eigenvalue weighted by molar-refractivity contribution is 0.102. The van der Waals surface area contributed by atoms with Gasteiger partial charge in [-0.05, 0) is 67.6 Å². The Balaban J connectivity index is 1.32. The molecule has 4 rings (SSSR count). The van der Waals surface area contributed by atoms with Gasteiger partial charge >= 0.3 is 6.09 Å². The maximum Gasteiger partial charge on any atom is 0.410 e. The van der Waals surface area contributed by atoms with Crippen molar-refractivity contribution in [1.29, 1.82) is 0 Å². The van der Waals surface area contributed by atoms with Crippen LogP contribution in [0.3, 0.4) is 0 Å². The standard InChI is InChI=1S/C22H24N2O4/c25-21(17-7-11-20(12-8-17)28-19-3-1-2-4-19)23-18-9-5-16(6-10-18)15-24-13-14-27-22(24)26/h5-12,19H,1-4,13-15H2,(H,23,25). The minimum absolute atomic E-state index is 0.164. The van der Waals surface area contributed by atoms with Crippen LogP contribution in [0.15, 0.2) is 48.5 Å². The molecule has 2 amide bonds. The van der Waals surface area contributed by atoms with E-state index in [4.69, 9.17) is 9.47 Å². The molecule has 0 aromatic heterocycles. The molecule has 1 N–H and O–H groups in total. The predicted molar refractivity (Wildman–Crippen MR) is 105 cm³/mol. The number of amides is 2. The van der Waals surface area contributed by atoms with E-state index in [1.54, 1.807) is 17.0 Å². The van der Waals surface area contributed by atoms with Gasteiger partial charge in [-0.3, -0.25) is 4.79 Å². The summed E-state index contributed by atoms with van der Waals surface area (Å²) in [6.45, 7) is 1.56. The van der Waals surface area contributed by atoms with E-state index < -0.39 is 0 Å². The quantitative estimate of drug-likeness (QED) is 0.815. The molecule has 0 spiro atoms. The number of rotatable bonds is 6. The van der Waals surface area contributed by atoms with Gasteiger partial charge in [0.25, 0.3) is 5.91 Å². The highest BCUT2D eigenvalue weighted by atomic mass is 16.6. The molecule has 0 atom stereocenters. The van der Waals surface area contributed by atoms with Crippen molar-refractivity contribution < 1.29 is 19.1 Å². The molecule has 0 radical (unpaired) electrons. The number of anilines is 1. The fourth-order valence-corrected chi connectivity index (χ4v) is 3.57. The molecule has 28 heavy (non-hydrogen) atoms. The topological polar surface area (TPSA) is 67.9 Å². The normalized spacial score (nSPS) is 16.9. The Morgan fingerprint density at radius 3 is 2.43 bits per heavy atom. The Morgan fingerprint density at radius 1 is 1.07 bits per heavy atom. The average Bonchev–Trinajstić information content (AvgIpc) is 3.36. The van der Waals surface area contributed by atoms with Crippen LogP contribution in [0.5, 0.6) is 5.75 Å². The van der Waals surface area contributed by atoms with Crippen molar-refractivity contribution in [1.82, 2.24) is 4.90 Å². The van der Waals surface area contributed by atoms with Crippen LogP contribution < -0.4 is 10.1 Å². The van der Waals surface area contributed by atoms with Crippen molar-refractivity contribution in [2.24, 2.45) is 0 Å². The van der Waals surface area contributed by atoms with Crippen LogP contribution in [-0.2, 0) is 11.3 Å². The summed E-state index contributed by atoms with van der Waals surface area (Å²) in [4.78, 5) is 25.6. The first-order valence-electron chi connectivity index (χ1n) is 9.76. The second kappa shape index (κ2) is 8.33. The number of carbonyl (C=O) groups excluding carboxylic acids is 2. The Labute approximate surface area is 164 Å². The molecule has 6 nitrogen and oxygen atoms in total. The molecule has 1 saturated carbocycles. The number of nitrogens with one attached hydrogen (secondary N) is 1. The minimum atomic E-state index is -0.280. The molecule has 6 heteroatoms. The monoisotopic (exact) mass is 380 g/mol. The van der Waals surface area contributed by atoms with E-state index in [2.05, 4.69) is 5.32 Å². The first kappa shape index (κ1) is 18.3. The molecule has 1 heterocycles. The predicted octanol–water partition coefficient (Wildman–Crippen LogP) is 4.21. The molecule has 0 bridgehead atoms. The van der Waals surface area contributed by atoms with Crippen molar-refractivity contribution in [2.75, 3.05) is 18.5 Å². The summed E-state index contributed by atoms with van der Waals surface area (Å²) in [6.07, 6.45) is 4.70. The van der Waals surface area contributed by atoms with Crippen molar-refractivity contribution in [3.63, 3.8) is 0 Å². The summed E-state index contributed by atoms with van der Waals surface area (Å²) in [5.41, 5.74) is 2.29. The second-order valence-corrected chi connectivity index (χ2v) is 7.24. The zero-order valence-corrected chi connectivity index (χ0v) is 15.7. The summed E-state index contributed by atoms with van der Waals surface area (Å²) in [5, 5.41) is 2.90. The highest BCUT2D eigenvalue weighted by Crippen LogP contribution is 2.24. The summed E-state index contributed by atoms with van der Waals surface area (Å²) < 4.78 is 10.9. The summed E-state index contributed by atoms with van der Waals surface area (Å²) in [7, 11) is 0. The van der Waals surface area contributed by atoms with Gasteiger partial charge in [-0.15, -0.1) is 0 Å². The number of benzene rings is 2. The Kier molecular flexibility index (Phi) is 5.46. The highest BCUT2D eigenvalue weighted by Gasteiger charge is 2.21. The van der Waals surface area contributed by atoms with Gasteiger partial charge in [-0.2, -0.15) is 0 Å². The number of cyclic esters (lactones) is 1. The number of hydrogen-bond donors (Lipinski definition) is 1. The van der Waals surface area contributed by atoms with Crippen LogP contribution in [0.2, 0.25) is 0 Å². The maximum atomic E-state index is 12.5. The second-order valence-electron chi connectivity index (χ2n) is 7.24. The van der Waals surface area contributed by atoms with E-state index in [9.17, 15) is 9.59 Å². The highest BCUT2D eigenvalue weighted by molar-refractivity contribution is 6.04. The number of ether oxygens (including phenoxy) is 2. The lowest BCUT2D eigenvalue weighted by atomic mass is 10.1. The lowest BCUT2D eigenvalue weighted by Gasteiger charge is -2.14. The molecule has 1 aliphatic heterocycles. The number of nitrogens with zero attached hydrogens (tertiary/aromatic N) is 1. The molecule has 1 saturated heterocycles. The zero-order chi connectivity index (χ0) is 19.3. The van der Waals surface area contributed by atoms with Gasteiger partial charge in [-0.1, -0.05) is 12.1 Å². The van der Waals surface area contributed by atoms with E-state index >= 15 is 0 Å². The number of carbonyl (C=O) groups is 2. The third-order valence-corrected chi connectivity index (χ3v) is 5.15. The van der Waals surface area contributed by atoms with Crippen LogP contribution in [0.4, 0.5) is 10.5 Å². The van der Waals surface area contributed by atoms with Crippen molar-refractivity contribution >= 4 is 17.7 Å².